The van der Waals surface area contributed by atoms with Crippen LogP contribution in [0.25, 0.3) is 10.9 Å². The molecule has 0 saturated heterocycles. The van der Waals surface area contributed by atoms with Crippen molar-refractivity contribution < 1.29 is 9.47 Å². The maximum absolute atomic E-state index is 5.83. The highest BCUT2D eigenvalue weighted by Gasteiger charge is 2.06. The van der Waals surface area contributed by atoms with E-state index in [1.54, 1.807) is 13.4 Å². The summed E-state index contributed by atoms with van der Waals surface area (Å²) in [5, 5.41) is 4.27. The Kier molecular flexibility index (Phi) is 4.83. The molecule has 1 aromatic heterocycles. The Morgan fingerprint density at radius 1 is 0.852 bits per heavy atom. The summed E-state index contributed by atoms with van der Waals surface area (Å²) in [6.45, 7) is 0.548. The van der Waals surface area contributed by atoms with Gasteiger partial charge in [-0.05, 0) is 42.0 Å². The number of anilines is 2. The van der Waals surface area contributed by atoms with Crippen molar-refractivity contribution in [1.82, 2.24) is 9.97 Å². The number of nitrogens with one attached hydrogen (secondary N) is 1. The number of fused-ring (bicyclic) bond motifs is 1. The highest BCUT2D eigenvalue weighted by Crippen LogP contribution is 2.27. The first-order chi connectivity index (χ1) is 13.3. The van der Waals surface area contributed by atoms with Gasteiger partial charge >= 0.3 is 0 Å². The minimum Gasteiger partial charge on any atom is -0.497 e. The molecule has 0 aliphatic rings. The van der Waals surface area contributed by atoms with Gasteiger partial charge in [-0.2, -0.15) is 0 Å². The molecule has 0 radical (unpaired) electrons. The van der Waals surface area contributed by atoms with Gasteiger partial charge in [-0.25, -0.2) is 9.97 Å². The van der Waals surface area contributed by atoms with Gasteiger partial charge in [0.15, 0.2) is 0 Å². The monoisotopic (exact) mass is 357 g/mol. The Labute approximate surface area is 157 Å². The molecule has 0 unspecified atom stereocenters. The lowest BCUT2D eigenvalue weighted by molar-refractivity contribution is 0.306. The molecule has 0 amide bonds. The van der Waals surface area contributed by atoms with Crippen LogP contribution in [-0.4, -0.2) is 17.1 Å². The van der Waals surface area contributed by atoms with Gasteiger partial charge in [-0.15, -0.1) is 0 Å². The average molecular weight is 357 g/mol. The summed E-state index contributed by atoms with van der Waals surface area (Å²) >= 11 is 0. The molecule has 5 heteroatoms. The van der Waals surface area contributed by atoms with E-state index in [1.807, 2.05) is 72.8 Å². The van der Waals surface area contributed by atoms with Gasteiger partial charge in [0.05, 0.1) is 12.6 Å². The van der Waals surface area contributed by atoms with E-state index in [1.165, 1.54) is 0 Å². The molecule has 27 heavy (non-hydrogen) atoms. The minimum absolute atomic E-state index is 0.548. The molecule has 4 rings (SSSR count). The van der Waals surface area contributed by atoms with E-state index in [-0.39, 0.29) is 0 Å². The Morgan fingerprint density at radius 3 is 2.41 bits per heavy atom. The van der Waals surface area contributed by atoms with Crippen molar-refractivity contribution >= 4 is 22.4 Å². The normalized spacial score (nSPS) is 10.6. The largest absolute Gasteiger partial charge is 0.497 e. The molecule has 0 saturated carbocycles. The highest BCUT2D eigenvalue weighted by molar-refractivity contribution is 5.91. The van der Waals surface area contributed by atoms with Gasteiger partial charge < -0.3 is 14.8 Å². The fraction of sp³-hybridized carbons (Fsp3) is 0.0909. The number of rotatable bonds is 6. The summed E-state index contributed by atoms with van der Waals surface area (Å²) in [7, 11) is 1.64. The van der Waals surface area contributed by atoms with E-state index in [0.29, 0.717) is 6.61 Å². The van der Waals surface area contributed by atoms with Crippen LogP contribution in [0.3, 0.4) is 0 Å². The molecule has 134 valence electrons. The van der Waals surface area contributed by atoms with Crippen molar-refractivity contribution in [3.8, 4) is 11.5 Å². The van der Waals surface area contributed by atoms with Crippen molar-refractivity contribution in [2.45, 2.75) is 6.61 Å². The van der Waals surface area contributed by atoms with Crippen molar-refractivity contribution in [2.24, 2.45) is 0 Å². The molecule has 1 heterocycles. The van der Waals surface area contributed by atoms with Crippen LogP contribution in [0.15, 0.2) is 79.1 Å². The number of hydrogen-bond donors (Lipinski definition) is 1. The van der Waals surface area contributed by atoms with Crippen LogP contribution in [0, 0.1) is 0 Å². The van der Waals surface area contributed by atoms with Crippen molar-refractivity contribution in [3.05, 3.63) is 84.7 Å². The topological polar surface area (TPSA) is 56.3 Å². The molecule has 0 fully saturated rings. The van der Waals surface area contributed by atoms with E-state index in [9.17, 15) is 0 Å². The Morgan fingerprint density at radius 2 is 1.63 bits per heavy atom. The highest BCUT2D eigenvalue weighted by atomic mass is 16.5. The van der Waals surface area contributed by atoms with Gasteiger partial charge in [0.25, 0.3) is 0 Å². The van der Waals surface area contributed by atoms with Gasteiger partial charge in [0, 0.05) is 17.1 Å². The summed E-state index contributed by atoms with van der Waals surface area (Å²) in [6, 6.07) is 23.7. The zero-order valence-electron chi connectivity index (χ0n) is 14.9. The van der Waals surface area contributed by atoms with Gasteiger partial charge in [0.1, 0.15) is 30.3 Å². The van der Waals surface area contributed by atoms with Crippen LogP contribution in [0.4, 0.5) is 11.5 Å². The number of benzene rings is 3. The lowest BCUT2D eigenvalue weighted by Crippen LogP contribution is -1.97. The molecule has 0 atom stereocenters. The summed E-state index contributed by atoms with van der Waals surface area (Å²) in [6.07, 6.45) is 1.54. The lowest BCUT2D eigenvalue weighted by atomic mass is 10.2. The van der Waals surface area contributed by atoms with Gasteiger partial charge in [-0.1, -0.05) is 30.3 Å². The van der Waals surface area contributed by atoms with Crippen molar-refractivity contribution in [2.75, 3.05) is 12.4 Å². The first-order valence-corrected chi connectivity index (χ1v) is 8.64. The molecule has 0 spiro atoms. The maximum atomic E-state index is 5.83. The van der Waals surface area contributed by atoms with Crippen LogP contribution in [0.2, 0.25) is 0 Å². The number of methoxy groups -OCH3 is 1. The van der Waals surface area contributed by atoms with Gasteiger partial charge in [0.2, 0.25) is 0 Å². The predicted molar refractivity (Wildman–Crippen MR) is 107 cm³/mol. The minimum atomic E-state index is 0.548. The lowest BCUT2D eigenvalue weighted by Gasteiger charge is -2.10. The summed E-state index contributed by atoms with van der Waals surface area (Å²) in [5.41, 5.74) is 2.90. The molecular formula is C22H19N3O2. The number of hydrogen-bond acceptors (Lipinski definition) is 5. The first-order valence-electron chi connectivity index (χ1n) is 8.64. The number of aromatic nitrogens is 2. The van der Waals surface area contributed by atoms with E-state index in [2.05, 4.69) is 15.3 Å². The maximum Gasteiger partial charge on any atom is 0.141 e. The number of ether oxygens (including phenoxy) is 2. The van der Waals surface area contributed by atoms with E-state index in [4.69, 9.17) is 9.47 Å². The van der Waals surface area contributed by atoms with Crippen LogP contribution in [0.5, 0.6) is 11.5 Å². The molecular weight excluding hydrogens is 338 g/mol. The number of nitrogens with zero attached hydrogens (tertiary/aromatic N) is 2. The van der Waals surface area contributed by atoms with E-state index in [0.717, 1.165) is 39.5 Å². The predicted octanol–water partition coefficient (Wildman–Crippen LogP) is 4.96. The second-order valence-corrected chi connectivity index (χ2v) is 6.03. The van der Waals surface area contributed by atoms with Crippen molar-refractivity contribution in [1.29, 1.82) is 0 Å². The molecule has 0 aliphatic heterocycles. The molecule has 0 bridgehead atoms. The summed E-state index contributed by atoms with van der Waals surface area (Å²) in [4.78, 5) is 8.67. The Bertz CT molecular complexity index is 1030. The van der Waals surface area contributed by atoms with Crippen LogP contribution in [-0.2, 0) is 6.61 Å². The SMILES string of the molecule is COc1ccc2c(Nc3ccc(OCc4ccccc4)cc3)ncnc2c1. The molecule has 3 aromatic carbocycles. The smallest absolute Gasteiger partial charge is 0.141 e. The second kappa shape index (κ2) is 7.74. The summed E-state index contributed by atoms with van der Waals surface area (Å²) < 4.78 is 11.1. The average Bonchev–Trinajstić information content (AvgIpc) is 2.74. The summed E-state index contributed by atoms with van der Waals surface area (Å²) in [5.74, 6) is 2.34. The molecule has 1 N–H and O–H groups in total. The quantitative estimate of drug-likeness (QED) is 0.528. The van der Waals surface area contributed by atoms with Crippen LogP contribution in [0.1, 0.15) is 5.56 Å². The zero-order chi connectivity index (χ0) is 18.5. The third kappa shape index (κ3) is 3.98. The fourth-order valence-electron chi connectivity index (χ4n) is 2.78. The molecule has 4 aromatic rings. The second-order valence-electron chi connectivity index (χ2n) is 6.03. The zero-order valence-corrected chi connectivity index (χ0v) is 14.9. The van der Waals surface area contributed by atoms with Crippen LogP contribution < -0.4 is 14.8 Å². The fourth-order valence-corrected chi connectivity index (χ4v) is 2.78. The van der Waals surface area contributed by atoms with Crippen LogP contribution >= 0.6 is 0 Å². The standard InChI is InChI=1S/C22H19N3O2/c1-26-19-11-12-20-21(13-19)23-15-24-22(20)25-17-7-9-18(10-8-17)27-14-16-5-3-2-4-6-16/h2-13,15H,14H2,1H3,(H,23,24,25). The van der Waals surface area contributed by atoms with Gasteiger partial charge in [-0.3, -0.25) is 0 Å². The third-order valence-electron chi connectivity index (χ3n) is 4.21. The third-order valence-corrected chi connectivity index (χ3v) is 4.21. The van der Waals surface area contributed by atoms with E-state index < -0.39 is 0 Å². The van der Waals surface area contributed by atoms with Crippen molar-refractivity contribution in [3.63, 3.8) is 0 Å². The Hall–Kier alpha value is -3.60. The van der Waals surface area contributed by atoms with E-state index >= 15 is 0 Å². The Balaban J connectivity index is 1.48. The molecule has 0 aliphatic carbocycles. The first kappa shape index (κ1) is 16.8. The molecule has 5 nitrogen and oxygen atoms in total.